The Morgan fingerprint density at radius 3 is 3.09 bits per heavy atom. The summed E-state index contributed by atoms with van der Waals surface area (Å²) in [5.74, 6) is -0.0782. The van der Waals surface area contributed by atoms with Crippen molar-refractivity contribution in [1.29, 1.82) is 0 Å². The van der Waals surface area contributed by atoms with Crippen molar-refractivity contribution in [3.8, 4) is 0 Å². The minimum atomic E-state index is -0.524. The Morgan fingerprint density at radius 2 is 2.28 bits per heavy atom. The molecule has 3 unspecified atom stereocenters. The van der Waals surface area contributed by atoms with Gasteiger partial charge < -0.3 is 20.7 Å². The molecule has 1 saturated heterocycles. The van der Waals surface area contributed by atoms with Crippen LogP contribution in [0.3, 0.4) is 0 Å². The van der Waals surface area contributed by atoms with Gasteiger partial charge in [-0.1, -0.05) is 6.07 Å². The largest absolute Gasteiger partial charge is 0.385 e. The van der Waals surface area contributed by atoms with Gasteiger partial charge in [0.1, 0.15) is 0 Å². The highest BCUT2D eigenvalue weighted by Crippen LogP contribution is 2.34. The van der Waals surface area contributed by atoms with E-state index in [0.29, 0.717) is 36.4 Å². The molecule has 2 aromatic rings. The molecular formula is C22H30FN7O2. The molecule has 1 aliphatic carbocycles. The molecule has 0 radical (unpaired) electrons. The predicted molar refractivity (Wildman–Crippen MR) is 120 cm³/mol. The smallest absolute Gasteiger partial charge is 0.248 e. The molecule has 4 rings (SSSR count). The van der Waals surface area contributed by atoms with Gasteiger partial charge >= 0.3 is 0 Å². The van der Waals surface area contributed by atoms with Crippen molar-refractivity contribution in [3.05, 3.63) is 41.8 Å². The van der Waals surface area contributed by atoms with Crippen molar-refractivity contribution in [2.24, 2.45) is 11.7 Å². The lowest BCUT2D eigenvalue weighted by Crippen LogP contribution is -2.50. The minimum Gasteiger partial charge on any atom is -0.385 e. The van der Waals surface area contributed by atoms with Crippen LogP contribution in [0.4, 0.5) is 21.8 Å². The van der Waals surface area contributed by atoms with Crippen molar-refractivity contribution in [3.63, 3.8) is 0 Å². The third-order valence-electron chi connectivity index (χ3n) is 6.20. The average molecular weight is 444 g/mol. The predicted octanol–water partition coefficient (Wildman–Crippen LogP) is 1.95. The number of benzene rings is 1. The maximum absolute atomic E-state index is 15.0. The number of carbonyl (C=O) groups excluding carboxylic acids is 1. The number of amides is 1. The van der Waals surface area contributed by atoms with Crippen molar-refractivity contribution >= 4 is 23.4 Å². The van der Waals surface area contributed by atoms with Crippen LogP contribution in [0.15, 0.2) is 30.5 Å². The van der Waals surface area contributed by atoms with E-state index in [1.54, 1.807) is 31.4 Å². The van der Waals surface area contributed by atoms with Gasteiger partial charge in [-0.25, -0.2) is 9.37 Å². The number of primary amides is 1. The molecule has 1 aromatic heterocycles. The number of hydrazine groups is 1. The van der Waals surface area contributed by atoms with Crippen LogP contribution in [0.25, 0.3) is 0 Å². The summed E-state index contributed by atoms with van der Waals surface area (Å²) in [7, 11) is 1.67. The monoisotopic (exact) mass is 443 g/mol. The van der Waals surface area contributed by atoms with Gasteiger partial charge in [0.05, 0.1) is 6.20 Å². The number of halogens is 1. The first-order valence-electron chi connectivity index (χ1n) is 11.0. The minimum absolute atomic E-state index is 0.156. The first-order chi connectivity index (χ1) is 15.6. The lowest BCUT2D eigenvalue weighted by Gasteiger charge is -2.41. The van der Waals surface area contributed by atoms with Crippen molar-refractivity contribution in [1.82, 2.24) is 20.8 Å². The fourth-order valence-electron chi connectivity index (χ4n) is 4.70. The Bertz CT molecular complexity index is 944. The molecule has 9 nitrogen and oxygen atoms in total. The number of nitrogens with two attached hydrogens (primary N) is 1. The van der Waals surface area contributed by atoms with E-state index in [-0.39, 0.29) is 17.8 Å². The molecule has 172 valence electrons. The maximum atomic E-state index is 15.0. The second kappa shape index (κ2) is 10.2. The summed E-state index contributed by atoms with van der Waals surface area (Å²) in [6.45, 7) is 2.06. The number of fused-ring (bicyclic) bond motifs is 1. The van der Waals surface area contributed by atoms with Gasteiger partial charge in [-0.2, -0.15) is 4.98 Å². The third-order valence-corrected chi connectivity index (χ3v) is 6.20. The second-order valence-electron chi connectivity index (χ2n) is 8.27. The zero-order valence-electron chi connectivity index (χ0n) is 18.2. The first kappa shape index (κ1) is 22.4. The van der Waals surface area contributed by atoms with Crippen LogP contribution in [0.2, 0.25) is 0 Å². The highest BCUT2D eigenvalue weighted by atomic mass is 19.1. The quantitative estimate of drug-likeness (QED) is 0.435. The maximum Gasteiger partial charge on any atom is 0.248 e. The average Bonchev–Trinajstić information content (AvgIpc) is 3.28. The van der Waals surface area contributed by atoms with Crippen molar-refractivity contribution in [2.45, 2.75) is 37.8 Å². The van der Waals surface area contributed by atoms with Crippen LogP contribution in [-0.4, -0.2) is 54.8 Å². The van der Waals surface area contributed by atoms with E-state index >= 15 is 4.39 Å². The third kappa shape index (κ3) is 4.98. The first-order valence-corrected chi connectivity index (χ1v) is 11.0. The van der Waals surface area contributed by atoms with Gasteiger partial charge in [0.15, 0.2) is 11.6 Å². The summed E-state index contributed by atoms with van der Waals surface area (Å²) in [6, 6.07) is 7.27. The normalized spacial score (nSPS) is 22.4. The van der Waals surface area contributed by atoms with E-state index in [9.17, 15) is 4.79 Å². The van der Waals surface area contributed by atoms with Crippen LogP contribution >= 0.6 is 0 Å². The number of carbonyl (C=O) groups is 1. The lowest BCUT2D eigenvalue weighted by molar-refractivity contribution is 0.100. The number of nitrogens with zero attached hydrogens (tertiary/aromatic N) is 3. The van der Waals surface area contributed by atoms with Crippen LogP contribution in [0.5, 0.6) is 0 Å². The molecule has 2 aliphatic rings. The fourth-order valence-corrected chi connectivity index (χ4v) is 4.70. The van der Waals surface area contributed by atoms with E-state index in [4.69, 9.17) is 10.5 Å². The molecule has 1 aromatic carbocycles. The van der Waals surface area contributed by atoms with E-state index in [0.717, 1.165) is 32.2 Å². The SMILES string of the molecule is COCCCN(c1nc(Nc2cccc(C(N)=O)c2)ncc1F)C1CCCC2NNCC21. The van der Waals surface area contributed by atoms with Gasteiger partial charge in [0.2, 0.25) is 11.9 Å². The van der Waals surface area contributed by atoms with Crippen LogP contribution < -0.4 is 26.8 Å². The van der Waals surface area contributed by atoms with Gasteiger partial charge in [-0.15, -0.1) is 0 Å². The van der Waals surface area contributed by atoms with Gasteiger partial charge in [-0.3, -0.25) is 15.6 Å². The summed E-state index contributed by atoms with van der Waals surface area (Å²) in [5, 5.41) is 3.07. The molecule has 1 saturated carbocycles. The number of rotatable bonds is 9. The highest BCUT2D eigenvalue weighted by Gasteiger charge is 2.40. The highest BCUT2D eigenvalue weighted by molar-refractivity contribution is 5.93. The van der Waals surface area contributed by atoms with Gasteiger partial charge in [-0.05, 0) is 43.9 Å². The molecule has 3 atom stereocenters. The zero-order chi connectivity index (χ0) is 22.5. The van der Waals surface area contributed by atoms with E-state index in [1.807, 2.05) is 0 Å². The van der Waals surface area contributed by atoms with Crippen molar-refractivity contribution < 1.29 is 13.9 Å². The number of nitrogens with one attached hydrogen (secondary N) is 3. The zero-order valence-corrected chi connectivity index (χ0v) is 18.2. The van der Waals surface area contributed by atoms with E-state index < -0.39 is 11.7 Å². The van der Waals surface area contributed by atoms with Crippen molar-refractivity contribution in [2.75, 3.05) is 37.0 Å². The number of methoxy groups -OCH3 is 1. The number of ether oxygens (including phenoxy) is 1. The molecule has 1 amide bonds. The Morgan fingerprint density at radius 1 is 1.41 bits per heavy atom. The molecule has 2 heterocycles. The Balaban J connectivity index is 1.61. The summed E-state index contributed by atoms with van der Waals surface area (Å²) in [5.41, 5.74) is 13.0. The molecule has 2 fully saturated rings. The van der Waals surface area contributed by atoms with Crippen LogP contribution in [0.1, 0.15) is 36.0 Å². The molecule has 0 spiro atoms. The summed E-state index contributed by atoms with van der Waals surface area (Å²) < 4.78 is 20.3. The van der Waals surface area contributed by atoms with Crippen LogP contribution in [0, 0.1) is 11.7 Å². The molecule has 10 heteroatoms. The molecule has 1 aliphatic heterocycles. The second-order valence-corrected chi connectivity index (χ2v) is 8.27. The summed E-state index contributed by atoms with van der Waals surface area (Å²) in [6.07, 6.45) is 5.11. The van der Waals surface area contributed by atoms with Crippen LogP contribution in [-0.2, 0) is 4.74 Å². The Hall–Kier alpha value is -2.82. The summed E-state index contributed by atoms with van der Waals surface area (Å²) >= 11 is 0. The fraction of sp³-hybridized carbons (Fsp3) is 0.500. The Kier molecular flexibility index (Phi) is 7.13. The number of aromatic nitrogens is 2. The van der Waals surface area contributed by atoms with E-state index in [2.05, 4.69) is 31.0 Å². The number of hydrogen-bond donors (Lipinski definition) is 4. The molecule has 5 N–H and O–H groups in total. The van der Waals surface area contributed by atoms with Gasteiger partial charge in [0, 0.05) is 56.1 Å². The molecule has 0 bridgehead atoms. The number of anilines is 3. The Labute approximate surface area is 186 Å². The lowest BCUT2D eigenvalue weighted by atomic mass is 9.80. The van der Waals surface area contributed by atoms with Gasteiger partial charge in [0.25, 0.3) is 0 Å². The summed E-state index contributed by atoms with van der Waals surface area (Å²) in [4.78, 5) is 22.2. The standard InChI is InChI=1S/C22H30FN7O2/c1-32-10-4-9-30(19-8-3-7-18-16(19)12-26-29-18)21-17(23)13-25-22(28-21)27-15-6-2-5-14(11-15)20(24)31/h2,5-6,11,13,16,18-19,26,29H,3-4,7-10,12H2,1H3,(H2,24,31)(H,25,27,28). The molecule has 32 heavy (non-hydrogen) atoms. The molecular weight excluding hydrogens is 413 g/mol. The number of hydrogen-bond acceptors (Lipinski definition) is 8. The van der Waals surface area contributed by atoms with E-state index in [1.165, 1.54) is 6.20 Å². The topological polar surface area (TPSA) is 117 Å².